The molecule has 0 aliphatic heterocycles. The van der Waals surface area contributed by atoms with Gasteiger partial charge in [-0.25, -0.2) is 4.98 Å². The molecular weight excluding hydrogens is 424 g/mol. The number of halogens is 2. The number of nitrogens with one attached hydrogen (secondary N) is 2. The second kappa shape index (κ2) is 6.55. The molecule has 0 saturated carbocycles. The number of anilines is 2. The first-order chi connectivity index (χ1) is 11.0. The van der Waals surface area contributed by atoms with E-state index >= 15 is 0 Å². The molecule has 0 aliphatic carbocycles. The summed E-state index contributed by atoms with van der Waals surface area (Å²) in [7, 11) is 0. The van der Waals surface area contributed by atoms with Crippen LogP contribution >= 0.6 is 31.9 Å². The molecule has 116 valence electrons. The normalized spacial score (nSPS) is 10.5. The van der Waals surface area contributed by atoms with Gasteiger partial charge in [0, 0.05) is 20.2 Å². The molecule has 1 heterocycles. The van der Waals surface area contributed by atoms with E-state index in [2.05, 4.69) is 47.1 Å². The van der Waals surface area contributed by atoms with Crippen LogP contribution in [0.4, 0.5) is 11.6 Å². The van der Waals surface area contributed by atoms with Crippen LogP contribution in [0.25, 0.3) is 11.3 Å². The number of H-pyrrole nitrogens is 1. The number of aromatic nitrogens is 2. The number of aromatic amines is 1. The van der Waals surface area contributed by atoms with Crippen LogP contribution in [-0.2, 0) is 0 Å². The van der Waals surface area contributed by atoms with Crippen molar-refractivity contribution < 1.29 is 4.79 Å². The Kier molecular flexibility index (Phi) is 4.49. The zero-order valence-electron chi connectivity index (χ0n) is 11.8. The van der Waals surface area contributed by atoms with E-state index in [1.165, 1.54) is 0 Å². The standard InChI is InChI=1S/C16H12Br2N4O/c17-11-5-10(6-12(18)7-11)15(23)21-13-3-1-9(2-4-13)14-8-20-16(19)22-14/h1-8H,(H,21,23)(H3,19,20,22). The summed E-state index contributed by atoms with van der Waals surface area (Å²) in [5.41, 5.74) is 8.62. The van der Waals surface area contributed by atoms with Gasteiger partial charge in [-0.2, -0.15) is 0 Å². The Bertz CT molecular complexity index is 839. The minimum atomic E-state index is -0.175. The third-order valence-corrected chi connectivity index (χ3v) is 4.09. The second-order valence-corrected chi connectivity index (χ2v) is 6.70. The molecule has 0 atom stereocenters. The molecule has 0 aliphatic rings. The number of benzene rings is 2. The van der Waals surface area contributed by atoms with Gasteiger partial charge in [0.05, 0.1) is 11.9 Å². The van der Waals surface area contributed by atoms with E-state index in [-0.39, 0.29) is 5.91 Å². The Hall–Kier alpha value is -2.12. The molecule has 0 unspecified atom stereocenters. The lowest BCUT2D eigenvalue weighted by atomic mass is 10.1. The molecular formula is C16H12Br2N4O. The predicted molar refractivity (Wildman–Crippen MR) is 98.2 cm³/mol. The molecule has 23 heavy (non-hydrogen) atoms. The Morgan fingerprint density at radius 1 is 1.09 bits per heavy atom. The smallest absolute Gasteiger partial charge is 0.255 e. The van der Waals surface area contributed by atoms with Gasteiger partial charge in [-0.15, -0.1) is 0 Å². The fourth-order valence-electron chi connectivity index (χ4n) is 2.10. The summed E-state index contributed by atoms with van der Waals surface area (Å²) in [6.07, 6.45) is 1.67. The molecule has 0 spiro atoms. The summed E-state index contributed by atoms with van der Waals surface area (Å²) in [5.74, 6) is 0.197. The summed E-state index contributed by atoms with van der Waals surface area (Å²) in [6, 6.07) is 12.8. The SMILES string of the molecule is Nc1ncc(-c2ccc(NC(=O)c3cc(Br)cc(Br)c3)cc2)[nH]1. The van der Waals surface area contributed by atoms with Crippen molar-refractivity contribution in [3.05, 3.63) is 63.2 Å². The minimum absolute atomic E-state index is 0.175. The van der Waals surface area contributed by atoms with Crippen LogP contribution in [0.1, 0.15) is 10.4 Å². The number of imidazole rings is 1. The van der Waals surface area contributed by atoms with E-state index in [4.69, 9.17) is 5.73 Å². The van der Waals surface area contributed by atoms with Crippen LogP contribution in [0, 0.1) is 0 Å². The highest BCUT2D eigenvalue weighted by Gasteiger charge is 2.08. The summed E-state index contributed by atoms with van der Waals surface area (Å²) in [6.45, 7) is 0. The van der Waals surface area contributed by atoms with Crippen molar-refractivity contribution in [1.29, 1.82) is 0 Å². The lowest BCUT2D eigenvalue weighted by molar-refractivity contribution is 0.102. The number of carbonyl (C=O) groups is 1. The van der Waals surface area contributed by atoms with E-state index in [9.17, 15) is 4.79 Å². The van der Waals surface area contributed by atoms with Gasteiger partial charge in [0.25, 0.3) is 5.91 Å². The number of nitrogens with zero attached hydrogens (tertiary/aromatic N) is 1. The highest BCUT2D eigenvalue weighted by atomic mass is 79.9. The van der Waals surface area contributed by atoms with Crippen molar-refractivity contribution in [2.75, 3.05) is 11.1 Å². The minimum Gasteiger partial charge on any atom is -0.369 e. The molecule has 0 radical (unpaired) electrons. The maximum absolute atomic E-state index is 12.3. The van der Waals surface area contributed by atoms with Gasteiger partial charge in [0.15, 0.2) is 5.95 Å². The largest absolute Gasteiger partial charge is 0.369 e. The first kappa shape index (κ1) is 15.8. The Morgan fingerprint density at radius 3 is 2.30 bits per heavy atom. The summed E-state index contributed by atoms with van der Waals surface area (Å²) in [5, 5.41) is 2.87. The van der Waals surface area contributed by atoms with Crippen molar-refractivity contribution >= 4 is 49.4 Å². The first-order valence-electron chi connectivity index (χ1n) is 6.69. The number of hydrogen-bond acceptors (Lipinski definition) is 3. The van der Waals surface area contributed by atoms with Crippen LogP contribution < -0.4 is 11.1 Å². The lowest BCUT2D eigenvalue weighted by Crippen LogP contribution is -2.11. The molecule has 0 fully saturated rings. The van der Waals surface area contributed by atoms with Crippen molar-refractivity contribution in [2.45, 2.75) is 0 Å². The number of hydrogen-bond donors (Lipinski definition) is 3. The zero-order chi connectivity index (χ0) is 16.4. The number of nitrogens with two attached hydrogens (primary N) is 1. The van der Waals surface area contributed by atoms with E-state index < -0.39 is 0 Å². The summed E-state index contributed by atoms with van der Waals surface area (Å²) in [4.78, 5) is 19.2. The predicted octanol–water partition coefficient (Wildman–Crippen LogP) is 4.44. The zero-order valence-corrected chi connectivity index (χ0v) is 15.0. The molecule has 1 amide bonds. The van der Waals surface area contributed by atoms with Gasteiger partial charge in [0.2, 0.25) is 0 Å². The van der Waals surface area contributed by atoms with Crippen LogP contribution in [0.3, 0.4) is 0 Å². The van der Waals surface area contributed by atoms with Crippen LogP contribution in [0.5, 0.6) is 0 Å². The number of amides is 1. The average molecular weight is 436 g/mol. The molecule has 0 bridgehead atoms. The third-order valence-electron chi connectivity index (χ3n) is 3.17. The summed E-state index contributed by atoms with van der Waals surface area (Å²) < 4.78 is 1.67. The first-order valence-corrected chi connectivity index (χ1v) is 8.28. The average Bonchev–Trinajstić information content (AvgIpc) is 2.93. The molecule has 4 N–H and O–H groups in total. The molecule has 3 rings (SSSR count). The van der Waals surface area contributed by atoms with E-state index in [0.29, 0.717) is 17.2 Å². The fourth-order valence-corrected chi connectivity index (χ4v) is 3.40. The second-order valence-electron chi connectivity index (χ2n) is 4.87. The third kappa shape index (κ3) is 3.80. The highest BCUT2D eigenvalue weighted by Crippen LogP contribution is 2.23. The monoisotopic (exact) mass is 434 g/mol. The molecule has 1 aromatic heterocycles. The Labute approximate surface area is 149 Å². The van der Waals surface area contributed by atoms with E-state index in [1.54, 1.807) is 18.3 Å². The quantitative estimate of drug-likeness (QED) is 0.568. The lowest BCUT2D eigenvalue weighted by Gasteiger charge is -2.07. The van der Waals surface area contributed by atoms with Crippen LogP contribution in [0.2, 0.25) is 0 Å². The van der Waals surface area contributed by atoms with Gasteiger partial charge in [0.1, 0.15) is 0 Å². The van der Waals surface area contributed by atoms with Crippen LogP contribution in [-0.4, -0.2) is 15.9 Å². The van der Waals surface area contributed by atoms with Crippen molar-refractivity contribution in [3.8, 4) is 11.3 Å². The van der Waals surface area contributed by atoms with Crippen molar-refractivity contribution in [1.82, 2.24) is 9.97 Å². The number of nitrogen functional groups attached to an aromatic ring is 1. The Balaban J connectivity index is 1.76. The molecule has 5 nitrogen and oxygen atoms in total. The van der Waals surface area contributed by atoms with E-state index in [0.717, 1.165) is 20.2 Å². The van der Waals surface area contributed by atoms with Crippen molar-refractivity contribution in [2.24, 2.45) is 0 Å². The van der Waals surface area contributed by atoms with Gasteiger partial charge in [-0.05, 0) is 35.9 Å². The Morgan fingerprint density at radius 2 is 1.74 bits per heavy atom. The van der Waals surface area contributed by atoms with Gasteiger partial charge >= 0.3 is 0 Å². The maximum Gasteiger partial charge on any atom is 0.255 e. The highest BCUT2D eigenvalue weighted by molar-refractivity contribution is 9.11. The number of rotatable bonds is 3. The van der Waals surface area contributed by atoms with Crippen LogP contribution in [0.15, 0.2) is 57.6 Å². The summed E-state index contributed by atoms with van der Waals surface area (Å²) >= 11 is 6.75. The maximum atomic E-state index is 12.3. The molecule has 3 aromatic rings. The topological polar surface area (TPSA) is 83.8 Å². The molecule has 7 heteroatoms. The van der Waals surface area contributed by atoms with Crippen molar-refractivity contribution in [3.63, 3.8) is 0 Å². The fraction of sp³-hybridized carbons (Fsp3) is 0. The van der Waals surface area contributed by atoms with E-state index in [1.807, 2.05) is 30.3 Å². The van der Waals surface area contributed by atoms with Gasteiger partial charge in [-0.1, -0.05) is 44.0 Å². The number of carbonyl (C=O) groups excluding carboxylic acids is 1. The van der Waals surface area contributed by atoms with Gasteiger partial charge in [-0.3, -0.25) is 4.79 Å². The van der Waals surface area contributed by atoms with Gasteiger partial charge < -0.3 is 16.0 Å². The molecule has 0 saturated heterocycles. The molecule has 2 aromatic carbocycles.